The minimum atomic E-state index is -0.838. The molecule has 0 spiro atoms. The van der Waals surface area contributed by atoms with E-state index in [0.29, 0.717) is 0 Å². The monoisotopic (exact) mass is 291 g/mol. The predicted molar refractivity (Wildman–Crippen MR) is 74.0 cm³/mol. The fourth-order valence-electron chi connectivity index (χ4n) is 1.56. The van der Waals surface area contributed by atoms with Gasteiger partial charge in [0.25, 0.3) is 0 Å². The maximum atomic E-state index is 12.9. The number of urea groups is 2. The van der Waals surface area contributed by atoms with Crippen molar-refractivity contribution in [1.82, 2.24) is 5.32 Å². The van der Waals surface area contributed by atoms with Crippen LogP contribution in [-0.4, -0.2) is 12.1 Å². The van der Waals surface area contributed by atoms with Crippen LogP contribution in [-0.2, 0) is 0 Å². The number of amides is 4. The summed E-state index contributed by atoms with van der Waals surface area (Å²) < 4.78 is 25.8. The summed E-state index contributed by atoms with van der Waals surface area (Å²) in [5.74, 6) is -1.03. The van der Waals surface area contributed by atoms with Crippen LogP contribution in [0, 0.1) is 11.6 Å². The summed E-state index contributed by atoms with van der Waals surface area (Å²) in [5, 5.41) is 6.54. The number of halogens is 2. The van der Waals surface area contributed by atoms with E-state index in [-0.39, 0.29) is 11.4 Å². The third kappa shape index (κ3) is 4.57. The van der Waals surface area contributed by atoms with Gasteiger partial charge < -0.3 is 10.6 Å². The smallest absolute Gasteiger partial charge is 0.307 e. The Morgan fingerprint density at radius 1 is 0.762 bits per heavy atom. The largest absolute Gasteiger partial charge is 0.327 e. The number of hydrogen-bond acceptors (Lipinski definition) is 2. The Labute approximate surface area is 119 Å². The fraction of sp³-hybridized carbons (Fsp3) is 0. The Kier molecular flexibility index (Phi) is 4.45. The summed E-state index contributed by atoms with van der Waals surface area (Å²) in [4.78, 5) is 23.0. The van der Waals surface area contributed by atoms with Crippen molar-refractivity contribution in [1.29, 1.82) is 0 Å². The fourth-order valence-corrected chi connectivity index (χ4v) is 1.56. The molecule has 0 saturated carbocycles. The van der Waals surface area contributed by atoms with E-state index >= 15 is 0 Å². The minimum absolute atomic E-state index is 0.200. The molecule has 0 atom stereocenters. The second kappa shape index (κ2) is 6.47. The van der Waals surface area contributed by atoms with Crippen molar-refractivity contribution >= 4 is 23.4 Å². The molecule has 0 aliphatic heterocycles. The van der Waals surface area contributed by atoms with Crippen LogP contribution < -0.4 is 16.0 Å². The van der Waals surface area contributed by atoms with E-state index in [4.69, 9.17) is 0 Å². The van der Waals surface area contributed by atoms with E-state index in [1.165, 1.54) is 36.4 Å². The summed E-state index contributed by atoms with van der Waals surface area (Å²) in [6.45, 7) is 0. The summed E-state index contributed by atoms with van der Waals surface area (Å²) in [6.07, 6.45) is 0. The Bertz CT molecular complexity index is 619. The van der Waals surface area contributed by atoms with Gasteiger partial charge in [0.2, 0.25) is 0 Å². The zero-order valence-corrected chi connectivity index (χ0v) is 10.7. The summed E-state index contributed by atoms with van der Waals surface area (Å²) in [5.41, 5.74) is 0.400. The maximum absolute atomic E-state index is 12.9. The van der Waals surface area contributed by atoms with Crippen molar-refractivity contribution in [3.63, 3.8) is 0 Å². The van der Waals surface area contributed by atoms with Crippen molar-refractivity contribution in [2.75, 3.05) is 10.6 Å². The molecule has 2 rings (SSSR count). The second-order valence-corrected chi connectivity index (χ2v) is 4.05. The first kappa shape index (κ1) is 14.4. The van der Waals surface area contributed by atoms with Crippen LogP contribution in [0.1, 0.15) is 0 Å². The number of hydrogen-bond donors (Lipinski definition) is 3. The molecule has 0 heterocycles. The molecule has 0 fully saturated rings. The lowest BCUT2D eigenvalue weighted by atomic mass is 10.3. The number of imide groups is 1. The SMILES string of the molecule is O=C(NC(=O)Nc1cccc(F)c1)Nc1cccc(F)c1. The molecule has 0 saturated heterocycles. The van der Waals surface area contributed by atoms with Crippen LogP contribution in [0.3, 0.4) is 0 Å². The average Bonchev–Trinajstić information content (AvgIpc) is 2.38. The number of anilines is 2. The molecule has 5 nitrogen and oxygen atoms in total. The van der Waals surface area contributed by atoms with Gasteiger partial charge in [0.05, 0.1) is 0 Å². The molecule has 0 aromatic heterocycles. The van der Waals surface area contributed by atoms with Gasteiger partial charge in [-0.05, 0) is 36.4 Å². The maximum Gasteiger partial charge on any atom is 0.327 e. The molecule has 0 unspecified atom stereocenters. The quantitative estimate of drug-likeness (QED) is 0.794. The molecule has 7 heteroatoms. The molecular weight excluding hydrogens is 280 g/mol. The molecule has 0 bridgehead atoms. The number of rotatable bonds is 2. The van der Waals surface area contributed by atoms with Crippen LogP contribution in [0.15, 0.2) is 48.5 Å². The topological polar surface area (TPSA) is 70.2 Å². The predicted octanol–water partition coefficient (Wildman–Crippen LogP) is 3.32. The molecule has 108 valence electrons. The number of nitrogens with one attached hydrogen (secondary N) is 3. The zero-order valence-electron chi connectivity index (χ0n) is 10.7. The van der Waals surface area contributed by atoms with Crippen LogP contribution in [0.25, 0.3) is 0 Å². The zero-order chi connectivity index (χ0) is 15.2. The van der Waals surface area contributed by atoms with Gasteiger partial charge in [-0.1, -0.05) is 12.1 Å². The molecule has 0 aliphatic carbocycles. The highest BCUT2D eigenvalue weighted by molar-refractivity contribution is 6.05. The molecule has 2 aromatic rings. The van der Waals surface area contributed by atoms with Gasteiger partial charge in [0, 0.05) is 11.4 Å². The number of carbonyl (C=O) groups is 2. The van der Waals surface area contributed by atoms with Gasteiger partial charge in [-0.3, -0.25) is 5.32 Å². The van der Waals surface area contributed by atoms with Crippen molar-refractivity contribution in [3.8, 4) is 0 Å². The molecule has 0 aliphatic rings. The van der Waals surface area contributed by atoms with Crippen molar-refractivity contribution in [2.45, 2.75) is 0 Å². The summed E-state index contributed by atoms with van der Waals surface area (Å²) in [6, 6.07) is 8.73. The van der Waals surface area contributed by atoms with Crippen LogP contribution in [0.4, 0.5) is 29.7 Å². The average molecular weight is 291 g/mol. The highest BCUT2D eigenvalue weighted by Crippen LogP contribution is 2.10. The van der Waals surface area contributed by atoms with E-state index in [1.807, 2.05) is 5.32 Å². The van der Waals surface area contributed by atoms with Gasteiger partial charge in [-0.25, -0.2) is 18.4 Å². The van der Waals surface area contributed by atoms with E-state index in [1.54, 1.807) is 0 Å². The van der Waals surface area contributed by atoms with E-state index in [0.717, 1.165) is 12.1 Å². The van der Waals surface area contributed by atoms with Crippen molar-refractivity contribution in [2.24, 2.45) is 0 Å². The van der Waals surface area contributed by atoms with Gasteiger partial charge in [-0.2, -0.15) is 0 Å². The van der Waals surface area contributed by atoms with E-state index in [2.05, 4.69) is 10.6 Å². The Balaban J connectivity index is 1.89. The first-order valence-electron chi connectivity index (χ1n) is 5.93. The van der Waals surface area contributed by atoms with E-state index in [9.17, 15) is 18.4 Å². The molecule has 0 radical (unpaired) electrons. The van der Waals surface area contributed by atoms with Crippen LogP contribution in [0.5, 0.6) is 0 Å². The number of benzene rings is 2. The van der Waals surface area contributed by atoms with E-state index < -0.39 is 23.7 Å². The standard InChI is InChI=1S/C14H11F2N3O2/c15-9-3-1-5-11(7-9)17-13(20)19-14(21)18-12-6-2-4-10(16)8-12/h1-8H,(H3,17,18,19,20,21). The first-order chi connectivity index (χ1) is 10.0. The highest BCUT2D eigenvalue weighted by Gasteiger charge is 2.08. The molecule has 3 N–H and O–H groups in total. The third-order valence-electron chi connectivity index (χ3n) is 2.39. The molecule has 2 aromatic carbocycles. The van der Waals surface area contributed by atoms with Gasteiger partial charge in [-0.15, -0.1) is 0 Å². The van der Waals surface area contributed by atoms with Crippen molar-refractivity contribution < 1.29 is 18.4 Å². The van der Waals surface area contributed by atoms with Crippen molar-refractivity contribution in [3.05, 3.63) is 60.2 Å². The second-order valence-electron chi connectivity index (χ2n) is 4.05. The van der Waals surface area contributed by atoms with Gasteiger partial charge in [0.1, 0.15) is 11.6 Å². The molecule has 21 heavy (non-hydrogen) atoms. The van der Waals surface area contributed by atoms with Crippen LogP contribution >= 0.6 is 0 Å². The number of carbonyl (C=O) groups excluding carboxylic acids is 2. The van der Waals surface area contributed by atoms with Gasteiger partial charge >= 0.3 is 12.1 Å². The third-order valence-corrected chi connectivity index (χ3v) is 2.39. The summed E-state index contributed by atoms with van der Waals surface area (Å²) in [7, 11) is 0. The highest BCUT2D eigenvalue weighted by atomic mass is 19.1. The molecule has 4 amide bonds. The lowest BCUT2D eigenvalue weighted by Gasteiger charge is -2.08. The lowest BCUT2D eigenvalue weighted by Crippen LogP contribution is -2.37. The lowest BCUT2D eigenvalue weighted by molar-refractivity contribution is 0.240. The Morgan fingerprint density at radius 2 is 1.19 bits per heavy atom. The van der Waals surface area contributed by atoms with Crippen LogP contribution in [0.2, 0.25) is 0 Å². The normalized spacial score (nSPS) is 9.81. The van der Waals surface area contributed by atoms with Gasteiger partial charge in [0.15, 0.2) is 0 Å². The summed E-state index contributed by atoms with van der Waals surface area (Å²) >= 11 is 0. The minimum Gasteiger partial charge on any atom is -0.307 e. The molecular formula is C14H11F2N3O2. The first-order valence-corrected chi connectivity index (χ1v) is 5.93. The Morgan fingerprint density at radius 3 is 1.57 bits per heavy atom. The Hall–Kier alpha value is -2.96.